The number of benzene rings is 2. The van der Waals surface area contributed by atoms with Crippen molar-refractivity contribution in [3.63, 3.8) is 0 Å². The summed E-state index contributed by atoms with van der Waals surface area (Å²) in [6.07, 6.45) is -4.55. The van der Waals surface area contributed by atoms with Crippen LogP contribution in [0.3, 0.4) is 0 Å². The molecule has 0 saturated carbocycles. The summed E-state index contributed by atoms with van der Waals surface area (Å²) in [6, 6.07) is 9.30. The molecular weight excluding hydrogens is 369 g/mol. The highest BCUT2D eigenvalue weighted by molar-refractivity contribution is 7.80. The molecule has 0 atom stereocenters. The minimum absolute atomic E-state index is 0.175. The van der Waals surface area contributed by atoms with E-state index >= 15 is 0 Å². The summed E-state index contributed by atoms with van der Waals surface area (Å²) < 4.78 is 49.1. The minimum atomic E-state index is -4.55. The topological polar surface area (TPSA) is 59.6 Å². The Morgan fingerprint density at radius 1 is 1.04 bits per heavy atom. The first-order valence-electron chi connectivity index (χ1n) is 7.26. The van der Waals surface area contributed by atoms with Gasteiger partial charge >= 0.3 is 6.18 Å². The lowest BCUT2D eigenvalue weighted by atomic mass is 10.1. The predicted octanol–water partition coefficient (Wildman–Crippen LogP) is 3.85. The molecule has 2 aromatic carbocycles. The van der Waals surface area contributed by atoms with Crippen LogP contribution in [-0.4, -0.2) is 25.2 Å². The van der Waals surface area contributed by atoms with Crippen LogP contribution < -0.4 is 20.1 Å². The molecule has 0 bridgehead atoms. The zero-order chi connectivity index (χ0) is 19.3. The molecular formula is C17H15F3N2O3S. The predicted molar refractivity (Wildman–Crippen MR) is 94.7 cm³/mol. The lowest BCUT2D eigenvalue weighted by molar-refractivity contribution is -0.136. The van der Waals surface area contributed by atoms with Gasteiger partial charge in [-0.25, -0.2) is 0 Å². The number of methoxy groups -OCH3 is 2. The molecule has 2 rings (SSSR count). The SMILES string of the molecule is COc1cc(OC)cc(C(=O)NC(=S)Nc2ccccc2C(F)(F)F)c1. The molecule has 0 aliphatic rings. The van der Waals surface area contributed by atoms with Gasteiger partial charge in [0.1, 0.15) is 11.5 Å². The number of thiocarbonyl (C=S) groups is 1. The number of hydrogen-bond donors (Lipinski definition) is 2. The standard InChI is InChI=1S/C17H15F3N2O3S/c1-24-11-7-10(8-12(9-11)25-2)15(23)22-16(26)21-14-6-4-3-5-13(14)17(18,19)20/h3-9H,1-2H3,(H2,21,22,23,26). The van der Waals surface area contributed by atoms with Gasteiger partial charge in [-0.15, -0.1) is 0 Å². The number of rotatable bonds is 4. The summed E-state index contributed by atoms with van der Waals surface area (Å²) in [7, 11) is 2.85. The second kappa shape index (κ2) is 8.05. The van der Waals surface area contributed by atoms with Gasteiger partial charge in [0.2, 0.25) is 0 Å². The van der Waals surface area contributed by atoms with Gasteiger partial charge in [-0.2, -0.15) is 13.2 Å². The number of nitrogens with one attached hydrogen (secondary N) is 2. The number of ether oxygens (including phenoxy) is 2. The Balaban J connectivity index is 2.15. The summed E-state index contributed by atoms with van der Waals surface area (Å²) in [5.41, 5.74) is -0.970. The molecule has 2 aromatic rings. The Hall–Kier alpha value is -2.81. The van der Waals surface area contributed by atoms with E-state index in [-0.39, 0.29) is 16.4 Å². The molecule has 0 heterocycles. The van der Waals surface area contributed by atoms with Crippen molar-refractivity contribution in [2.24, 2.45) is 0 Å². The Morgan fingerprint density at radius 2 is 1.62 bits per heavy atom. The zero-order valence-corrected chi connectivity index (χ0v) is 14.6. The number of hydrogen-bond acceptors (Lipinski definition) is 4. The molecule has 0 aromatic heterocycles. The van der Waals surface area contributed by atoms with Gasteiger partial charge in [0.15, 0.2) is 5.11 Å². The van der Waals surface area contributed by atoms with E-state index in [1.54, 1.807) is 6.07 Å². The van der Waals surface area contributed by atoms with Gasteiger partial charge in [0.25, 0.3) is 5.91 Å². The first kappa shape index (κ1) is 19.5. The molecule has 138 valence electrons. The Morgan fingerprint density at radius 3 is 2.15 bits per heavy atom. The normalized spacial score (nSPS) is 10.8. The molecule has 0 unspecified atom stereocenters. The van der Waals surface area contributed by atoms with Gasteiger partial charge in [-0.05, 0) is 36.5 Å². The summed E-state index contributed by atoms with van der Waals surface area (Å²) in [4.78, 5) is 12.3. The van der Waals surface area contributed by atoms with Gasteiger partial charge in [-0.1, -0.05) is 12.1 Å². The number of amides is 1. The summed E-state index contributed by atoms with van der Waals surface area (Å²) in [5, 5.41) is 4.45. The number of para-hydroxylation sites is 1. The fraction of sp³-hybridized carbons (Fsp3) is 0.176. The summed E-state index contributed by atoms with van der Waals surface area (Å²) in [6.45, 7) is 0. The molecule has 0 aliphatic carbocycles. The highest BCUT2D eigenvalue weighted by Gasteiger charge is 2.33. The van der Waals surface area contributed by atoms with Crippen LogP contribution in [0.2, 0.25) is 0 Å². The second-order valence-electron chi connectivity index (χ2n) is 5.05. The van der Waals surface area contributed by atoms with Crippen molar-refractivity contribution < 1.29 is 27.4 Å². The fourth-order valence-corrected chi connectivity index (χ4v) is 2.31. The van der Waals surface area contributed by atoms with Crippen LogP contribution in [0.4, 0.5) is 18.9 Å². The van der Waals surface area contributed by atoms with Crippen LogP contribution in [0.1, 0.15) is 15.9 Å². The van der Waals surface area contributed by atoms with E-state index in [1.165, 1.54) is 44.6 Å². The van der Waals surface area contributed by atoms with Crippen LogP contribution >= 0.6 is 12.2 Å². The molecule has 5 nitrogen and oxygen atoms in total. The Kier molecular flexibility index (Phi) is 6.04. The first-order chi connectivity index (χ1) is 12.2. The first-order valence-corrected chi connectivity index (χ1v) is 7.67. The average molecular weight is 384 g/mol. The molecule has 0 aliphatic heterocycles. The van der Waals surface area contributed by atoms with E-state index in [1.807, 2.05) is 0 Å². The van der Waals surface area contributed by atoms with E-state index < -0.39 is 17.6 Å². The number of anilines is 1. The monoisotopic (exact) mass is 384 g/mol. The summed E-state index contributed by atoms with van der Waals surface area (Å²) in [5.74, 6) is 0.149. The highest BCUT2D eigenvalue weighted by Crippen LogP contribution is 2.34. The highest BCUT2D eigenvalue weighted by atomic mass is 32.1. The van der Waals surface area contributed by atoms with Gasteiger partial charge in [0, 0.05) is 11.6 Å². The Bertz CT molecular complexity index is 803. The molecule has 0 spiro atoms. The average Bonchev–Trinajstić information content (AvgIpc) is 2.60. The van der Waals surface area contributed by atoms with Crippen LogP contribution in [0.5, 0.6) is 11.5 Å². The molecule has 9 heteroatoms. The van der Waals surface area contributed by atoms with Crippen molar-refractivity contribution in [3.8, 4) is 11.5 Å². The van der Waals surface area contributed by atoms with Crippen LogP contribution in [0, 0.1) is 0 Å². The third kappa shape index (κ3) is 4.85. The smallest absolute Gasteiger partial charge is 0.418 e. The largest absolute Gasteiger partial charge is 0.497 e. The maximum Gasteiger partial charge on any atom is 0.418 e. The second-order valence-corrected chi connectivity index (χ2v) is 5.46. The molecule has 2 N–H and O–H groups in total. The van der Waals surface area contributed by atoms with Crippen molar-refractivity contribution >= 4 is 28.9 Å². The van der Waals surface area contributed by atoms with Gasteiger partial charge < -0.3 is 14.8 Å². The summed E-state index contributed by atoms with van der Waals surface area (Å²) >= 11 is 4.94. The Labute approximate surface area is 153 Å². The van der Waals surface area contributed by atoms with Crippen molar-refractivity contribution in [3.05, 3.63) is 53.6 Å². The minimum Gasteiger partial charge on any atom is -0.497 e. The van der Waals surface area contributed by atoms with Crippen molar-refractivity contribution in [1.82, 2.24) is 5.32 Å². The third-order valence-corrected chi connectivity index (χ3v) is 3.53. The maximum atomic E-state index is 13.0. The lowest BCUT2D eigenvalue weighted by Gasteiger charge is -2.15. The van der Waals surface area contributed by atoms with Crippen molar-refractivity contribution in [2.45, 2.75) is 6.18 Å². The van der Waals surface area contributed by atoms with Crippen LogP contribution in [0.15, 0.2) is 42.5 Å². The number of alkyl halides is 3. The van der Waals surface area contributed by atoms with E-state index in [9.17, 15) is 18.0 Å². The number of carbonyl (C=O) groups is 1. The van der Waals surface area contributed by atoms with Crippen LogP contribution in [0.25, 0.3) is 0 Å². The van der Waals surface area contributed by atoms with Crippen molar-refractivity contribution in [1.29, 1.82) is 0 Å². The molecule has 1 amide bonds. The number of carbonyl (C=O) groups excluding carboxylic acids is 1. The zero-order valence-electron chi connectivity index (χ0n) is 13.8. The van der Waals surface area contributed by atoms with E-state index in [2.05, 4.69) is 10.6 Å². The quantitative estimate of drug-likeness (QED) is 0.785. The van der Waals surface area contributed by atoms with Crippen LogP contribution in [-0.2, 0) is 6.18 Å². The molecule has 26 heavy (non-hydrogen) atoms. The van der Waals surface area contributed by atoms with E-state index in [4.69, 9.17) is 21.7 Å². The fourth-order valence-electron chi connectivity index (χ4n) is 2.11. The van der Waals surface area contributed by atoms with Crippen molar-refractivity contribution in [2.75, 3.05) is 19.5 Å². The molecule has 0 saturated heterocycles. The van der Waals surface area contributed by atoms with Gasteiger partial charge in [0.05, 0.1) is 25.5 Å². The molecule has 0 fully saturated rings. The third-order valence-electron chi connectivity index (χ3n) is 3.32. The number of halogens is 3. The van der Waals surface area contributed by atoms with E-state index in [0.29, 0.717) is 11.5 Å². The lowest BCUT2D eigenvalue weighted by Crippen LogP contribution is -2.34. The van der Waals surface area contributed by atoms with E-state index in [0.717, 1.165) is 6.07 Å². The maximum absolute atomic E-state index is 13.0. The molecule has 0 radical (unpaired) electrons. The van der Waals surface area contributed by atoms with Gasteiger partial charge in [-0.3, -0.25) is 10.1 Å².